The predicted molar refractivity (Wildman–Crippen MR) is 60.7 cm³/mol. The van der Waals surface area contributed by atoms with E-state index in [2.05, 4.69) is 6.92 Å². The maximum absolute atomic E-state index is 11.8. The van der Waals surface area contributed by atoms with E-state index in [1.165, 1.54) is 12.8 Å². The average molecular weight is 213 g/mol. The van der Waals surface area contributed by atoms with E-state index in [-0.39, 0.29) is 17.9 Å². The molecule has 1 atom stereocenters. The van der Waals surface area contributed by atoms with Crippen LogP contribution in [-0.2, 0) is 9.53 Å². The van der Waals surface area contributed by atoms with Gasteiger partial charge < -0.3 is 9.64 Å². The molecule has 3 nitrogen and oxygen atoms in total. The summed E-state index contributed by atoms with van der Waals surface area (Å²) in [5.74, 6) is 0.370. The van der Waals surface area contributed by atoms with E-state index in [0.29, 0.717) is 6.61 Å². The predicted octanol–water partition coefficient (Wildman–Crippen LogP) is 2.06. The highest BCUT2D eigenvalue weighted by molar-refractivity contribution is 5.78. The van der Waals surface area contributed by atoms with E-state index in [9.17, 15) is 4.79 Å². The van der Waals surface area contributed by atoms with Gasteiger partial charge in [-0.1, -0.05) is 33.6 Å². The number of morpholine rings is 1. The van der Waals surface area contributed by atoms with Crippen LogP contribution in [-0.4, -0.2) is 36.6 Å². The summed E-state index contributed by atoms with van der Waals surface area (Å²) in [7, 11) is 0. The lowest BCUT2D eigenvalue weighted by atomic mass is 10.1. The molecule has 1 rings (SSSR count). The van der Waals surface area contributed by atoms with Crippen molar-refractivity contribution in [3.05, 3.63) is 0 Å². The van der Waals surface area contributed by atoms with Gasteiger partial charge in [-0.05, 0) is 6.42 Å². The lowest BCUT2D eigenvalue weighted by Gasteiger charge is -2.34. The van der Waals surface area contributed by atoms with Crippen molar-refractivity contribution in [2.45, 2.75) is 46.1 Å². The van der Waals surface area contributed by atoms with Gasteiger partial charge in [-0.25, -0.2) is 0 Å². The third kappa shape index (κ3) is 3.82. The highest BCUT2D eigenvalue weighted by atomic mass is 16.5. The summed E-state index contributed by atoms with van der Waals surface area (Å²) < 4.78 is 5.65. The molecule has 0 bridgehead atoms. The van der Waals surface area contributed by atoms with Crippen molar-refractivity contribution in [3.8, 4) is 0 Å². The van der Waals surface area contributed by atoms with Crippen molar-refractivity contribution >= 4 is 5.91 Å². The molecule has 1 aliphatic rings. The average Bonchev–Trinajstić information content (AvgIpc) is 2.25. The fourth-order valence-corrected chi connectivity index (χ4v) is 1.89. The molecule has 3 heteroatoms. The van der Waals surface area contributed by atoms with Gasteiger partial charge in [0.15, 0.2) is 0 Å². The van der Waals surface area contributed by atoms with Gasteiger partial charge in [-0.3, -0.25) is 4.79 Å². The summed E-state index contributed by atoms with van der Waals surface area (Å²) in [4.78, 5) is 13.7. The maximum Gasteiger partial charge on any atom is 0.225 e. The van der Waals surface area contributed by atoms with Crippen molar-refractivity contribution in [1.82, 2.24) is 4.90 Å². The van der Waals surface area contributed by atoms with Gasteiger partial charge >= 0.3 is 0 Å². The zero-order valence-corrected chi connectivity index (χ0v) is 10.2. The van der Waals surface area contributed by atoms with Gasteiger partial charge in [0.25, 0.3) is 0 Å². The van der Waals surface area contributed by atoms with Gasteiger partial charge in [0.05, 0.1) is 12.7 Å². The van der Waals surface area contributed by atoms with E-state index in [0.717, 1.165) is 19.5 Å². The molecule has 88 valence electrons. The molecule has 15 heavy (non-hydrogen) atoms. The van der Waals surface area contributed by atoms with Crippen molar-refractivity contribution < 1.29 is 9.53 Å². The Morgan fingerprint density at radius 3 is 2.87 bits per heavy atom. The van der Waals surface area contributed by atoms with Crippen LogP contribution in [0.3, 0.4) is 0 Å². The molecule has 0 aliphatic carbocycles. The molecule has 0 radical (unpaired) electrons. The number of rotatable bonds is 4. The molecule has 1 aliphatic heterocycles. The minimum Gasteiger partial charge on any atom is -0.375 e. The Kier molecular flexibility index (Phi) is 5.09. The first kappa shape index (κ1) is 12.5. The lowest BCUT2D eigenvalue weighted by molar-refractivity contribution is -0.142. The van der Waals surface area contributed by atoms with Gasteiger partial charge in [0.2, 0.25) is 5.91 Å². The van der Waals surface area contributed by atoms with Gasteiger partial charge in [0, 0.05) is 19.0 Å². The molecule has 1 saturated heterocycles. The zero-order valence-electron chi connectivity index (χ0n) is 10.2. The summed E-state index contributed by atoms with van der Waals surface area (Å²) >= 11 is 0. The molecule has 0 saturated carbocycles. The molecule has 1 heterocycles. The SMILES string of the molecule is CCCC[C@H]1CN(C(=O)C(C)C)CCO1. The fourth-order valence-electron chi connectivity index (χ4n) is 1.89. The molecule has 0 aromatic rings. The summed E-state index contributed by atoms with van der Waals surface area (Å²) in [5, 5.41) is 0. The second-order valence-electron chi connectivity index (χ2n) is 4.57. The summed E-state index contributed by atoms with van der Waals surface area (Å²) in [6, 6.07) is 0. The Balaban J connectivity index is 2.38. The first-order valence-corrected chi connectivity index (χ1v) is 6.05. The smallest absolute Gasteiger partial charge is 0.225 e. The van der Waals surface area contributed by atoms with Crippen LogP contribution in [0, 0.1) is 5.92 Å². The number of carbonyl (C=O) groups is 1. The maximum atomic E-state index is 11.8. The van der Waals surface area contributed by atoms with Crippen LogP contribution in [0.5, 0.6) is 0 Å². The van der Waals surface area contributed by atoms with Crippen LogP contribution in [0.2, 0.25) is 0 Å². The number of ether oxygens (including phenoxy) is 1. The van der Waals surface area contributed by atoms with Gasteiger partial charge in [0.1, 0.15) is 0 Å². The van der Waals surface area contributed by atoms with Gasteiger partial charge in [-0.15, -0.1) is 0 Å². The summed E-state index contributed by atoms with van der Waals surface area (Å²) in [6.45, 7) is 8.35. The Morgan fingerprint density at radius 2 is 2.27 bits per heavy atom. The van der Waals surface area contributed by atoms with Crippen molar-refractivity contribution in [3.63, 3.8) is 0 Å². The Hall–Kier alpha value is -0.570. The van der Waals surface area contributed by atoms with Crippen LogP contribution < -0.4 is 0 Å². The van der Waals surface area contributed by atoms with E-state index >= 15 is 0 Å². The quantitative estimate of drug-likeness (QED) is 0.715. The third-order valence-electron chi connectivity index (χ3n) is 2.82. The first-order valence-electron chi connectivity index (χ1n) is 6.05. The minimum absolute atomic E-state index is 0.106. The van der Waals surface area contributed by atoms with Crippen LogP contribution in [0.1, 0.15) is 40.0 Å². The molecular formula is C12H23NO2. The summed E-state index contributed by atoms with van der Waals surface area (Å²) in [6.07, 6.45) is 3.73. The Morgan fingerprint density at radius 1 is 1.53 bits per heavy atom. The molecule has 1 fully saturated rings. The van der Waals surface area contributed by atoms with E-state index in [4.69, 9.17) is 4.74 Å². The van der Waals surface area contributed by atoms with Crippen LogP contribution >= 0.6 is 0 Å². The van der Waals surface area contributed by atoms with Crippen LogP contribution in [0.4, 0.5) is 0 Å². The van der Waals surface area contributed by atoms with Crippen LogP contribution in [0.15, 0.2) is 0 Å². The third-order valence-corrected chi connectivity index (χ3v) is 2.82. The highest BCUT2D eigenvalue weighted by Gasteiger charge is 2.24. The Labute approximate surface area is 92.8 Å². The minimum atomic E-state index is 0.106. The molecule has 0 aromatic carbocycles. The number of hydrogen-bond donors (Lipinski definition) is 0. The van der Waals surface area contributed by atoms with E-state index in [1.54, 1.807) is 0 Å². The number of unbranched alkanes of at least 4 members (excludes halogenated alkanes) is 1. The normalized spacial score (nSPS) is 22.1. The number of nitrogens with zero attached hydrogens (tertiary/aromatic N) is 1. The largest absolute Gasteiger partial charge is 0.375 e. The highest BCUT2D eigenvalue weighted by Crippen LogP contribution is 2.13. The van der Waals surface area contributed by atoms with Crippen molar-refractivity contribution in [2.24, 2.45) is 5.92 Å². The second kappa shape index (κ2) is 6.11. The summed E-state index contributed by atoms with van der Waals surface area (Å²) in [5.41, 5.74) is 0. The Bertz CT molecular complexity index is 204. The first-order chi connectivity index (χ1) is 7.15. The zero-order chi connectivity index (χ0) is 11.3. The monoisotopic (exact) mass is 213 g/mol. The van der Waals surface area contributed by atoms with E-state index in [1.807, 2.05) is 18.7 Å². The molecular weight excluding hydrogens is 190 g/mol. The number of amides is 1. The number of hydrogen-bond acceptors (Lipinski definition) is 2. The van der Waals surface area contributed by atoms with Crippen molar-refractivity contribution in [2.75, 3.05) is 19.7 Å². The molecule has 0 unspecified atom stereocenters. The lowest BCUT2D eigenvalue weighted by Crippen LogP contribution is -2.47. The molecule has 0 N–H and O–H groups in total. The van der Waals surface area contributed by atoms with Crippen LogP contribution in [0.25, 0.3) is 0 Å². The standard InChI is InChI=1S/C12H23NO2/c1-4-5-6-11-9-13(7-8-15-11)12(14)10(2)3/h10-11H,4-9H2,1-3H3/t11-/m0/s1. The van der Waals surface area contributed by atoms with Gasteiger partial charge in [-0.2, -0.15) is 0 Å². The topological polar surface area (TPSA) is 29.5 Å². The van der Waals surface area contributed by atoms with Crippen molar-refractivity contribution in [1.29, 1.82) is 0 Å². The molecule has 0 aromatic heterocycles. The molecule has 1 amide bonds. The fraction of sp³-hybridized carbons (Fsp3) is 0.917. The number of carbonyl (C=O) groups excluding carboxylic acids is 1. The van der Waals surface area contributed by atoms with E-state index < -0.39 is 0 Å². The molecule has 0 spiro atoms. The second-order valence-corrected chi connectivity index (χ2v) is 4.57.